The number of nitrogens with one attached hydrogen (secondary N) is 2. The van der Waals surface area contributed by atoms with Gasteiger partial charge in [-0.05, 0) is 6.42 Å². The van der Waals surface area contributed by atoms with Gasteiger partial charge in [0.25, 0.3) is 0 Å². The molecular formula is C6H9N3O3S3. The molecule has 1 heterocycles. The summed E-state index contributed by atoms with van der Waals surface area (Å²) in [5, 5.41) is 0. The Hall–Kier alpha value is -0.540. The smallest absolute Gasteiger partial charge is 0.259 e. The van der Waals surface area contributed by atoms with Crippen molar-refractivity contribution < 1.29 is 0 Å². The summed E-state index contributed by atoms with van der Waals surface area (Å²) in [4.78, 5) is 37.0. The van der Waals surface area contributed by atoms with Crippen molar-refractivity contribution in [1.82, 2.24) is 14.5 Å². The SMILES string of the molecule is O=c1[nH]c(=O)n(CCC(S)(S)S)c(=O)[nH]1. The summed E-state index contributed by atoms with van der Waals surface area (Å²) in [5.74, 6) is 0. The third-order valence-corrected chi connectivity index (χ3v) is 2.27. The van der Waals surface area contributed by atoms with Crippen LogP contribution in [0, 0.1) is 0 Å². The molecule has 0 aliphatic carbocycles. The van der Waals surface area contributed by atoms with Crippen LogP contribution in [0.15, 0.2) is 14.4 Å². The quantitative estimate of drug-likeness (QED) is 0.362. The summed E-state index contributed by atoms with van der Waals surface area (Å²) in [6, 6.07) is 0. The monoisotopic (exact) mass is 267 g/mol. The zero-order chi connectivity index (χ0) is 11.6. The Balaban J connectivity index is 3.02. The molecule has 0 bridgehead atoms. The van der Waals surface area contributed by atoms with Gasteiger partial charge in [-0.3, -0.25) is 9.97 Å². The van der Waals surface area contributed by atoms with Crippen LogP contribution < -0.4 is 17.1 Å². The number of hydrogen-bond donors (Lipinski definition) is 5. The average Bonchev–Trinajstić information content (AvgIpc) is 1.99. The van der Waals surface area contributed by atoms with Crippen LogP contribution >= 0.6 is 37.9 Å². The fourth-order valence-corrected chi connectivity index (χ4v) is 1.22. The van der Waals surface area contributed by atoms with Crippen LogP contribution in [0.2, 0.25) is 0 Å². The Morgan fingerprint density at radius 2 is 1.53 bits per heavy atom. The van der Waals surface area contributed by atoms with Crippen molar-refractivity contribution in [3.63, 3.8) is 0 Å². The number of thiol groups is 3. The first kappa shape index (κ1) is 12.5. The van der Waals surface area contributed by atoms with Crippen LogP contribution in [0.3, 0.4) is 0 Å². The number of nitrogens with zero attached hydrogens (tertiary/aromatic N) is 1. The van der Waals surface area contributed by atoms with E-state index in [2.05, 4.69) is 37.9 Å². The van der Waals surface area contributed by atoms with E-state index in [-0.39, 0.29) is 13.0 Å². The summed E-state index contributed by atoms with van der Waals surface area (Å²) in [6.45, 7) is 0.0709. The van der Waals surface area contributed by atoms with E-state index in [9.17, 15) is 14.4 Å². The molecule has 0 radical (unpaired) electrons. The summed E-state index contributed by atoms with van der Waals surface area (Å²) in [6.07, 6.45) is 0.275. The average molecular weight is 267 g/mol. The van der Waals surface area contributed by atoms with Crippen LogP contribution in [0.1, 0.15) is 6.42 Å². The van der Waals surface area contributed by atoms with Gasteiger partial charge in [-0.15, -0.1) is 0 Å². The fraction of sp³-hybridized carbons (Fsp3) is 0.500. The highest BCUT2D eigenvalue weighted by Gasteiger charge is 2.15. The normalized spacial score (nSPS) is 11.7. The maximum Gasteiger partial charge on any atom is 0.333 e. The molecule has 84 valence electrons. The van der Waals surface area contributed by atoms with E-state index in [0.29, 0.717) is 0 Å². The minimum atomic E-state index is -0.887. The molecule has 2 N–H and O–H groups in total. The molecule has 0 aliphatic heterocycles. The number of aromatic amines is 2. The lowest BCUT2D eigenvalue weighted by Gasteiger charge is -2.14. The molecule has 0 atom stereocenters. The van der Waals surface area contributed by atoms with Gasteiger partial charge in [-0.25, -0.2) is 19.0 Å². The van der Waals surface area contributed by atoms with Crippen LogP contribution in [0.4, 0.5) is 0 Å². The van der Waals surface area contributed by atoms with Crippen LogP contribution in [-0.4, -0.2) is 17.9 Å². The Bertz CT molecular complexity index is 475. The molecule has 0 aliphatic rings. The van der Waals surface area contributed by atoms with E-state index in [0.717, 1.165) is 4.57 Å². The lowest BCUT2D eigenvalue weighted by atomic mass is 10.4. The van der Waals surface area contributed by atoms with Crippen molar-refractivity contribution in [3.05, 3.63) is 31.5 Å². The van der Waals surface area contributed by atoms with Crippen LogP contribution in [0.5, 0.6) is 0 Å². The molecule has 1 rings (SSSR count). The molecule has 0 amide bonds. The first-order chi connectivity index (χ1) is 6.79. The topological polar surface area (TPSA) is 87.7 Å². The summed E-state index contributed by atoms with van der Waals surface area (Å²) < 4.78 is -0.0408. The van der Waals surface area contributed by atoms with E-state index in [1.54, 1.807) is 0 Å². The molecule has 0 unspecified atom stereocenters. The van der Waals surface area contributed by atoms with E-state index in [1.165, 1.54) is 0 Å². The van der Waals surface area contributed by atoms with E-state index in [4.69, 9.17) is 0 Å². The van der Waals surface area contributed by atoms with Gasteiger partial charge in [0.2, 0.25) is 0 Å². The third-order valence-electron chi connectivity index (χ3n) is 1.60. The van der Waals surface area contributed by atoms with Crippen molar-refractivity contribution >= 4 is 37.9 Å². The highest BCUT2D eigenvalue weighted by molar-refractivity contribution is 8.16. The molecule has 6 nitrogen and oxygen atoms in total. The van der Waals surface area contributed by atoms with E-state index >= 15 is 0 Å². The van der Waals surface area contributed by atoms with Crippen molar-refractivity contribution in [1.29, 1.82) is 0 Å². The molecule has 0 fully saturated rings. The van der Waals surface area contributed by atoms with Crippen molar-refractivity contribution in [2.24, 2.45) is 0 Å². The summed E-state index contributed by atoms with van der Waals surface area (Å²) in [7, 11) is 0. The molecule has 15 heavy (non-hydrogen) atoms. The fourth-order valence-electron chi connectivity index (χ4n) is 0.918. The first-order valence-corrected chi connectivity index (χ1v) is 5.24. The highest BCUT2D eigenvalue weighted by Crippen LogP contribution is 2.28. The van der Waals surface area contributed by atoms with Crippen LogP contribution in [0.25, 0.3) is 0 Å². The highest BCUT2D eigenvalue weighted by atomic mass is 32.2. The maximum absolute atomic E-state index is 11.2. The predicted molar refractivity (Wildman–Crippen MR) is 66.2 cm³/mol. The van der Waals surface area contributed by atoms with Crippen molar-refractivity contribution in [3.8, 4) is 0 Å². The number of rotatable bonds is 3. The van der Waals surface area contributed by atoms with Gasteiger partial charge in [-0.2, -0.15) is 37.9 Å². The first-order valence-electron chi connectivity index (χ1n) is 3.90. The molecule has 0 aromatic carbocycles. The molecule has 9 heteroatoms. The molecule has 1 aromatic rings. The number of H-pyrrole nitrogens is 2. The molecule has 1 aromatic heterocycles. The van der Waals surface area contributed by atoms with Gasteiger partial charge in [-0.1, -0.05) is 0 Å². The Kier molecular flexibility index (Phi) is 3.79. The van der Waals surface area contributed by atoms with E-state index < -0.39 is 20.5 Å². The van der Waals surface area contributed by atoms with Gasteiger partial charge in [0.05, 0.1) is 3.41 Å². The Morgan fingerprint density at radius 1 is 1.07 bits per heavy atom. The van der Waals surface area contributed by atoms with Crippen molar-refractivity contribution in [2.75, 3.05) is 0 Å². The van der Waals surface area contributed by atoms with Gasteiger partial charge < -0.3 is 0 Å². The molecule has 0 saturated carbocycles. The summed E-state index contributed by atoms with van der Waals surface area (Å²) >= 11 is 12.0. The second kappa shape index (κ2) is 4.54. The zero-order valence-corrected chi connectivity index (χ0v) is 10.1. The van der Waals surface area contributed by atoms with Gasteiger partial charge in [0, 0.05) is 6.54 Å². The van der Waals surface area contributed by atoms with Crippen molar-refractivity contribution in [2.45, 2.75) is 16.4 Å². The number of hydrogen-bond acceptors (Lipinski definition) is 6. The molecule has 0 saturated heterocycles. The lowest BCUT2D eigenvalue weighted by molar-refractivity contribution is 0.578. The standard InChI is InChI=1S/C6H9N3O3S3/c10-3-7-4(11)9(5(12)8-3)2-1-6(13,14)15/h13-15H,1-2H2,(H2,7,8,10,11,12). The number of aromatic nitrogens is 3. The Morgan fingerprint density at radius 3 is 1.93 bits per heavy atom. The van der Waals surface area contributed by atoms with E-state index in [1.807, 2.05) is 9.97 Å². The molecule has 0 spiro atoms. The minimum Gasteiger partial charge on any atom is -0.259 e. The third kappa shape index (κ3) is 3.84. The Labute approximate surface area is 100 Å². The van der Waals surface area contributed by atoms with Gasteiger partial charge in [0.15, 0.2) is 0 Å². The van der Waals surface area contributed by atoms with Crippen LogP contribution in [-0.2, 0) is 6.54 Å². The second-order valence-electron chi connectivity index (χ2n) is 2.87. The largest absolute Gasteiger partial charge is 0.333 e. The molecular weight excluding hydrogens is 258 g/mol. The maximum atomic E-state index is 11.2. The van der Waals surface area contributed by atoms with Gasteiger partial charge in [0.1, 0.15) is 0 Å². The second-order valence-corrected chi connectivity index (χ2v) is 6.21. The zero-order valence-electron chi connectivity index (χ0n) is 7.43. The lowest BCUT2D eigenvalue weighted by Crippen LogP contribution is -2.43. The summed E-state index contributed by atoms with van der Waals surface area (Å²) in [5.41, 5.74) is -2.35. The van der Waals surface area contributed by atoms with Gasteiger partial charge >= 0.3 is 17.1 Å². The predicted octanol–water partition coefficient (Wildman–Crippen LogP) is -0.942. The minimum absolute atomic E-state index is 0.0709.